The Morgan fingerprint density at radius 1 is 1.28 bits per heavy atom. The van der Waals surface area contributed by atoms with Gasteiger partial charge in [0.2, 0.25) is 0 Å². The van der Waals surface area contributed by atoms with E-state index < -0.39 is 11.6 Å². The van der Waals surface area contributed by atoms with Crippen LogP contribution in [0.4, 0.5) is 10.1 Å². The molecule has 0 amide bonds. The Labute approximate surface area is 109 Å². The van der Waals surface area contributed by atoms with Crippen LogP contribution in [0.1, 0.15) is 21.5 Å². The zero-order valence-electron chi connectivity index (χ0n) is 9.71. The molecular weight excluding hydrogens is 253 g/mol. The highest BCUT2D eigenvalue weighted by Gasteiger charge is 2.15. The van der Waals surface area contributed by atoms with Crippen molar-refractivity contribution in [3.8, 4) is 0 Å². The first-order valence-electron chi connectivity index (χ1n) is 5.35. The molecule has 4 heteroatoms. The maximum absolute atomic E-state index is 13.7. The SMILES string of the molecule is Cc1cc(C(=O)c2cccc(N)c2)c(F)cc1Cl. The van der Waals surface area contributed by atoms with Gasteiger partial charge in [0, 0.05) is 16.3 Å². The van der Waals surface area contributed by atoms with Crippen LogP contribution in [0.25, 0.3) is 0 Å². The van der Waals surface area contributed by atoms with Gasteiger partial charge < -0.3 is 5.73 Å². The average molecular weight is 264 g/mol. The molecule has 2 N–H and O–H groups in total. The van der Waals surface area contributed by atoms with E-state index in [2.05, 4.69) is 0 Å². The lowest BCUT2D eigenvalue weighted by molar-refractivity contribution is 0.103. The minimum absolute atomic E-state index is 0.00231. The van der Waals surface area contributed by atoms with Crippen molar-refractivity contribution >= 4 is 23.1 Å². The van der Waals surface area contributed by atoms with E-state index in [-0.39, 0.29) is 5.56 Å². The zero-order valence-corrected chi connectivity index (χ0v) is 10.5. The lowest BCUT2D eigenvalue weighted by atomic mass is 10.0. The fourth-order valence-electron chi connectivity index (χ4n) is 1.67. The van der Waals surface area contributed by atoms with Crippen molar-refractivity contribution in [3.63, 3.8) is 0 Å². The Kier molecular flexibility index (Phi) is 3.34. The Bertz CT molecular complexity index is 625. The van der Waals surface area contributed by atoms with Gasteiger partial charge in [-0.3, -0.25) is 4.79 Å². The van der Waals surface area contributed by atoms with Gasteiger partial charge in [-0.1, -0.05) is 23.7 Å². The minimum atomic E-state index is -0.627. The van der Waals surface area contributed by atoms with Crippen LogP contribution in [0.3, 0.4) is 0 Å². The van der Waals surface area contributed by atoms with Gasteiger partial charge in [-0.25, -0.2) is 4.39 Å². The van der Waals surface area contributed by atoms with Crippen molar-refractivity contribution in [1.82, 2.24) is 0 Å². The van der Waals surface area contributed by atoms with E-state index in [9.17, 15) is 9.18 Å². The molecule has 2 aromatic rings. The van der Waals surface area contributed by atoms with Gasteiger partial charge in [0.1, 0.15) is 5.82 Å². The lowest BCUT2D eigenvalue weighted by Crippen LogP contribution is -2.05. The fraction of sp³-hybridized carbons (Fsp3) is 0.0714. The molecule has 0 fully saturated rings. The number of nitrogens with two attached hydrogens (primary N) is 1. The molecule has 0 saturated carbocycles. The fourth-order valence-corrected chi connectivity index (χ4v) is 1.82. The largest absolute Gasteiger partial charge is 0.399 e. The smallest absolute Gasteiger partial charge is 0.196 e. The average Bonchev–Trinajstić information content (AvgIpc) is 2.33. The van der Waals surface area contributed by atoms with Gasteiger partial charge in [0.25, 0.3) is 0 Å². The topological polar surface area (TPSA) is 43.1 Å². The van der Waals surface area contributed by atoms with Crippen LogP contribution in [-0.4, -0.2) is 5.78 Å². The molecule has 2 nitrogen and oxygen atoms in total. The van der Waals surface area contributed by atoms with Crippen LogP contribution in [0.15, 0.2) is 36.4 Å². The van der Waals surface area contributed by atoms with E-state index in [4.69, 9.17) is 17.3 Å². The number of aryl methyl sites for hydroxylation is 1. The van der Waals surface area contributed by atoms with Gasteiger partial charge in [-0.2, -0.15) is 0 Å². The number of benzene rings is 2. The summed E-state index contributed by atoms with van der Waals surface area (Å²) in [6.07, 6.45) is 0. The Hall–Kier alpha value is -1.87. The summed E-state index contributed by atoms with van der Waals surface area (Å²) < 4.78 is 13.7. The van der Waals surface area contributed by atoms with Crippen molar-refractivity contribution in [2.75, 3.05) is 5.73 Å². The van der Waals surface area contributed by atoms with Crippen LogP contribution in [0.2, 0.25) is 5.02 Å². The summed E-state index contributed by atoms with van der Waals surface area (Å²) in [4.78, 5) is 12.1. The molecule has 0 aliphatic rings. The second kappa shape index (κ2) is 4.78. The number of rotatable bonds is 2. The summed E-state index contributed by atoms with van der Waals surface area (Å²) in [7, 11) is 0. The number of nitrogen functional groups attached to an aromatic ring is 1. The summed E-state index contributed by atoms with van der Waals surface area (Å²) >= 11 is 5.79. The molecular formula is C14H11ClFNO. The van der Waals surface area contributed by atoms with Crippen molar-refractivity contribution in [2.24, 2.45) is 0 Å². The monoisotopic (exact) mass is 263 g/mol. The molecule has 0 unspecified atom stereocenters. The summed E-state index contributed by atoms with van der Waals surface area (Å²) in [5, 5.41) is 0.302. The Morgan fingerprint density at radius 2 is 2.00 bits per heavy atom. The summed E-state index contributed by atoms with van der Waals surface area (Å²) in [6, 6.07) is 9.04. The van der Waals surface area contributed by atoms with E-state index in [1.807, 2.05) is 0 Å². The first-order chi connectivity index (χ1) is 8.49. The Balaban J connectivity index is 2.49. The van der Waals surface area contributed by atoms with Crippen LogP contribution >= 0.6 is 11.6 Å². The molecule has 0 aliphatic heterocycles. The van der Waals surface area contributed by atoms with E-state index in [1.165, 1.54) is 12.1 Å². The second-order valence-electron chi connectivity index (χ2n) is 4.04. The van der Waals surface area contributed by atoms with E-state index in [0.717, 1.165) is 6.07 Å². The van der Waals surface area contributed by atoms with Crippen molar-refractivity contribution in [3.05, 3.63) is 63.9 Å². The van der Waals surface area contributed by atoms with Crippen molar-refractivity contribution in [2.45, 2.75) is 6.92 Å². The number of hydrogen-bond acceptors (Lipinski definition) is 2. The van der Waals surface area contributed by atoms with E-state index >= 15 is 0 Å². The highest BCUT2D eigenvalue weighted by atomic mass is 35.5. The van der Waals surface area contributed by atoms with Gasteiger partial charge in [0.15, 0.2) is 5.78 Å². The number of carbonyl (C=O) groups is 1. The van der Waals surface area contributed by atoms with Crippen LogP contribution in [0.5, 0.6) is 0 Å². The molecule has 0 spiro atoms. The van der Waals surface area contributed by atoms with Crippen LogP contribution < -0.4 is 5.73 Å². The first-order valence-corrected chi connectivity index (χ1v) is 5.72. The normalized spacial score (nSPS) is 10.4. The molecule has 92 valence electrons. The maximum atomic E-state index is 13.7. The summed E-state index contributed by atoms with van der Waals surface area (Å²) in [6.45, 7) is 1.72. The van der Waals surface area contributed by atoms with Gasteiger partial charge in [0.05, 0.1) is 5.56 Å². The number of hydrogen-bond donors (Lipinski definition) is 1. The minimum Gasteiger partial charge on any atom is -0.399 e. The van der Waals surface area contributed by atoms with Crippen LogP contribution in [0, 0.1) is 12.7 Å². The summed E-state index contributed by atoms with van der Waals surface area (Å²) in [5.41, 5.74) is 7.08. The number of halogens is 2. The van der Waals surface area contributed by atoms with Crippen LogP contribution in [-0.2, 0) is 0 Å². The lowest BCUT2D eigenvalue weighted by Gasteiger charge is -2.06. The second-order valence-corrected chi connectivity index (χ2v) is 4.44. The molecule has 0 saturated heterocycles. The molecule has 0 bridgehead atoms. The highest BCUT2D eigenvalue weighted by Crippen LogP contribution is 2.22. The number of ketones is 1. The predicted molar refractivity (Wildman–Crippen MR) is 70.4 cm³/mol. The third-order valence-electron chi connectivity index (χ3n) is 2.64. The molecule has 2 aromatic carbocycles. The third kappa shape index (κ3) is 2.36. The summed E-state index contributed by atoms with van der Waals surface area (Å²) in [5.74, 6) is -1.03. The quantitative estimate of drug-likeness (QED) is 0.664. The van der Waals surface area contributed by atoms with Crippen molar-refractivity contribution < 1.29 is 9.18 Å². The van der Waals surface area contributed by atoms with E-state index in [0.29, 0.717) is 21.8 Å². The molecule has 0 radical (unpaired) electrons. The number of carbonyl (C=O) groups excluding carboxylic acids is 1. The molecule has 18 heavy (non-hydrogen) atoms. The molecule has 0 aliphatic carbocycles. The standard InChI is InChI=1S/C14H11ClFNO/c1-8-5-11(13(16)7-12(8)15)14(18)9-3-2-4-10(17)6-9/h2-7H,17H2,1H3. The predicted octanol–water partition coefficient (Wildman–Crippen LogP) is 3.60. The third-order valence-corrected chi connectivity index (χ3v) is 3.05. The molecule has 2 rings (SSSR count). The van der Waals surface area contributed by atoms with Crippen molar-refractivity contribution in [1.29, 1.82) is 0 Å². The zero-order chi connectivity index (χ0) is 13.3. The number of anilines is 1. The van der Waals surface area contributed by atoms with Gasteiger partial charge in [-0.05, 0) is 36.8 Å². The molecule has 0 aromatic heterocycles. The molecule has 0 atom stereocenters. The van der Waals surface area contributed by atoms with Gasteiger partial charge in [-0.15, -0.1) is 0 Å². The molecule has 0 heterocycles. The highest BCUT2D eigenvalue weighted by molar-refractivity contribution is 6.31. The van der Waals surface area contributed by atoms with E-state index in [1.54, 1.807) is 25.1 Å². The Morgan fingerprint density at radius 3 is 2.67 bits per heavy atom. The maximum Gasteiger partial charge on any atom is 0.196 e. The first kappa shape index (κ1) is 12.6. The van der Waals surface area contributed by atoms with Gasteiger partial charge >= 0.3 is 0 Å².